The monoisotopic (exact) mass is 384 g/mol. The number of nitrogens with one attached hydrogen (secondary N) is 1. The molecule has 1 aromatic heterocycles. The van der Waals surface area contributed by atoms with Gasteiger partial charge < -0.3 is 4.74 Å². The summed E-state index contributed by atoms with van der Waals surface area (Å²) in [4.78, 5) is 16.6. The van der Waals surface area contributed by atoms with Gasteiger partial charge in [0.05, 0.1) is 5.69 Å². The molecule has 1 N–H and O–H groups in total. The molecule has 0 saturated carbocycles. The van der Waals surface area contributed by atoms with Crippen LogP contribution in [0, 0.1) is 12.7 Å². The van der Waals surface area contributed by atoms with Crippen molar-refractivity contribution in [1.82, 2.24) is 4.98 Å². The van der Waals surface area contributed by atoms with Crippen LogP contribution >= 0.6 is 11.3 Å². The maximum absolute atomic E-state index is 13.0. The van der Waals surface area contributed by atoms with Gasteiger partial charge in [-0.05, 0) is 54.3 Å². The summed E-state index contributed by atoms with van der Waals surface area (Å²) < 4.78 is 18.8. The molecule has 0 bridgehead atoms. The highest BCUT2D eigenvalue weighted by Gasteiger charge is 2.12. The number of anilines is 1. The molecule has 0 unspecified atom stereocenters. The van der Waals surface area contributed by atoms with Crippen LogP contribution in [0.3, 0.4) is 0 Å². The van der Waals surface area contributed by atoms with Crippen molar-refractivity contribution in [2.75, 3.05) is 11.9 Å². The van der Waals surface area contributed by atoms with Crippen molar-refractivity contribution >= 4 is 22.4 Å². The number of aryl methyl sites for hydroxylation is 1. The Hall–Kier alpha value is -2.73. The number of halogens is 1. The molecule has 0 aliphatic carbocycles. The van der Waals surface area contributed by atoms with Crippen LogP contribution in [0.2, 0.25) is 0 Å². The quantitative estimate of drug-likeness (QED) is 0.619. The van der Waals surface area contributed by atoms with Gasteiger partial charge in [-0.2, -0.15) is 0 Å². The molecule has 0 aliphatic heterocycles. The lowest BCUT2D eigenvalue weighted by Crippen LogP contribution is -2.20. The highest BCUT2D eigenvalue weighted by Crippen LogP contribution is 2.28. The number of hydrogen-bond acceptors (Lipinski definition) is 4. The normalized spacial score (nSPS) is 10.9. The number of benzene rings is 2. The van der Waals surface area contributed by atoms with Gasteiger partial charge in [0.2, 0.25) is 0 Å². The Morgan fingerprint density at radius 1 is 1.22 bits per heavy atom. The number of carbonyl (C=O) groups is 1. The summed E-state index contributed by atoms with van der Waals surface area (Å²) in [5, 5.41) is 5.05. The van der Waals surface area contributed by atoms with E-state index in [1.165, 1.54) is 23.5 Å². The molecule has 3 rings (SSSR count). The molecule has 6 heteroatoms. The zero-order valence-electron chi connectivity index (χ0n) is 15.5. The van der Waals surface area contributed by atoms with Crippen molar-refractivity contribution < 1.29 is 13.9 Å². The molecule has 1 heterocycles. The van der Waals surface area contributed by atoms with E-state index < -0.39 is 0 Å². The van der Waals surface area contributed by atoms with Gasteiger partial charge in [0, 0.05) is 10.9 Å². The Labute approximate surface area is 162 Å². The van der Waals surface area contributed by atoms with Crippen LogP contribution in [0.15, 0.2) is 47.8 Å². The Bertz CT molecular complexity index is 936. The molecule has 27 heavy (non-hydrogen) atoms. The minimum absolute atomic E-state index is 0.0887. The van der Waals surface area contributed by atoms with Crippen molar-refractivity contribution in [2.24, 2.45) is 0 Å². The van der Waals surface area contributed by atoms with E-state index in [1.54, 1.807) is 12.1 Å². The summed E-state index contributed by atoms with van der Waals surface area (Å²) in [7, 11) is 0. The van der Waals surface area contributed by atoms with Crippen LogP contribution < -0.4 is 10.1 Å². The minimum Gasteiger partial charge on any atom is -0.483 e. The second-order valence-electron chi connectivity index (χ2n) is 6.58. The molecule has 3 aromatic rings. The van der Waals surface area contributed by atoms with Crippen LogP contribution in [0.5, 0.6) is 5.75 Å². The van der Waals surface area contributed by atoms with Gasteiger partial charge in [-0.1, -0.05) is 26.0 Å². The third-order valence-electron chi connectivity index (χ3n) is 4.04. The molecule has 0 atom stereocenters. The van der Waals surface area contributed by atoms with Crippen molar-refractivity contribution in [3.8, 4) is 17.0 Å². The number of thiazole rings is 1. The lowest BCUT2D eigenvalue weighted by molar-refractivity contribution is -0.118. The topological polar surface area (TPSA) is 51.2 Å². The van der Waals surface area contributed by atoms with Crippen molar-refractivity contribution in [3.05, 3.63) is 64.8 Å². The van der Waals surface area contributed by atoms with E-state index in [-0.39, 0.29) is 18.3 Å². The highest BCUT2D eigenvalue weighted by atomic mass is 32.1. The number of hydrogen-bond donors (Lipinski definition) is 1. The molecule has 0 fully saturated rings. The number of nitrogens with zero attached hydrogens (tertiary/aromatic N) is 1. The van der Waals surface area contributed by atoms with E-state index in [0.717, 1.165) is 22.4 Å². The molecule has 140 valence electrons. The minimum atomic E-state index is -0.295. The number of rotatable bonds is 6. The Balaban J connectivity index is 1.62. The molecule has 0 saturated heterocycles. The number of ether oxygens (including phenoxy) is 1. The van der Waals surface area contributed by atoms with Gasteiger partial charge in [0.1, 0.15) is 11.6 Å². The van der Waals surface area contributed by atoms with Crippen molar-refractivity contribution in [1.29, 1.82) is 0 Å². The smallest absolute Gasteiger partial charge is 0.264 e. The van der Waals surface area contributed by atoms with Gasteiger partial charge in [0.25, 0.3) is 5.91 Å². The Morgan fingerprint density at radius 2 is 1.96 bits per heavy atom. The summed E-state index contributed by atoms with van der Waals surface area (Å²) in [6.45, 7) is 6.08. The maximum atomic E-state index is 13.0. The van der Waals surface area contributed by atoms with Gasteiger partial charge in [-0.3, -0.25) is 10.1 Å². The summed E-state index contributed by atoms with van der Waals surface area (Å²) in [5.74, 6) is 0.468. The van der Waals surface area contributed by atoms with Gasteiger partial charge >= 0.3 is 0 Å². The largest absolute Gasteiger partial charge is 0.483 e. The second-order valence-corrected chi connectivity index (χ2v) is 7.44. The van der Waals surface area contributed by atoms with Gasteiger partial charge in [0.15, 0.2) is 11.7 Å². The predicted molar refractivity (Wildman–Crippen MR) is 107 cm³/mol. The molecular weight excluding hydrogens is 363 g/mol. The fraction of sp³-hybridized carbons (Fsp3) is 0.238. The number of amides is 1. The first kappa shape index (κ1) is 19.0. The first-order valence-corrected chi connectivity index (χ1v) is 9.55. The third-order valence-corrected chi connectivity index (χ3v) is 4.80. The zero-order valence-corrected chi connectivity index (χ0v) is 16.3. The van der Waals surface area contributed by atoms with Crippen molar-refractivity contribution in [2.45, 2.75) is 26.7 Å². The molecule has 0 spiro atoms. The van der Waals surface area contributed by atoms with Crippen LogP contribution in [0.4, 0.5) is 9.52 Å². The van der Waals surface area contributed by atoms with Crippen LogP contribution in [0.1, 0.15) is 30.9 Å². The predicted octanol–water partition coefficient (Wildman–Crippen LogP) is 5.40. The summed E-state index contributed by atoms with van der Waals surface area (Å²) in [5.41, 5.74) is 3.64. The molecule has 4 nitrogen and oxygen atoms in total. The summed E-state index contributed by atoms with van der Waals surface area (Å²) >= 11 is 1.32. The van der Waals surface area contributed by atoms with Crippen molar-refractivity contribution in [3.63, 3.8) is 0 Å². The van der Waals surface area contributed by atoms with E-state index in [1.807, 2.05) is 30.5 Å². The van der Waals surface area contributed by atoms with E-state index >= 15 is 0 Å². The Morgan fingerprint density at radius 3 is 2.67 bits per heavy atom. The lowest BCUT2D eigenvalue weighted by atomic mass is 10.0. The maximum Gasteiger partial charge on any atom is 0.264 e. The molecule has 0 aliphatic rings. The molecular formula is C21H21FN2O2S. The first-order valence-electron chi connectivity index (χ1n) is 8.67. The highest BCUT2D eigenvalue weighted by molar-refractivity contribution is 7.14. The average molecular weight is 384 g/mol. The standard InChI is InChI=1S/C21H21FN2O2S/c1-13(2)17-9-4-14(3)10-19(17)26-11-20(25)24-21-23-18(12-27-21)15-5-7-16(22)8-6-15/h4-10,12-13H,11H2,1-3H3,(H,23,24,25). The molecule has 2 aromatic carbocycles. The zero-order chi connectivity index (χ0) is 19.4. The lowest BCUT2D eigenvalue weighted by Gasteiger charge is -2.14. The second kappa shape index (κ2) is 8.31. The Kier molecular flexibility index (Phi) is 5.86. The fourth-order valence-electron chi connectivity index (χ4n) is 2.63. The van der Waals surface area contributed by atoms with E-state index in [2.05, 4.69) is 24.1 Å². The number of aromatic nitrogens is 1. The fourth-order valence-corrected chi connectivity index (χ4v) is 3.36. The van der Waals surface area contributed by atoms with Crippen LogP contribution in [-0.2, 0) is 4.79 Å². The van der Waals surface area contributed by atoms with Gasteiger partial charge in [-0.15, -0.1) is 11.3 Å². The van der Waals surface area contributed by atoms with E-state index in [0.29, 0.717) is 16.7 Å². The van der Waals surface area contributed by atoms with Crippen LogP contribution in [0.25, 0.3) is 11.3 Å². The third kappa shape index (κ3) is 4.92. The summed E-state index contributed by atoms with van der Waals surface area (Å²) in [6.07, 6.45) is 0. The average Bonchev–Trinajstić information content (AvgIpc) is 3.08. The van der Waals surface area contributed by atoms with E-state index in [9.17, 15) is 9.18 Å². The van der Waals surface area contributed by atoms with E-state index in [4.69, 9.17) is 4.74 Å². The number of carbonyl (C=O) groups excluding carboxylic acids is 1. The van der Waals surface area contributed by atoms with Gasteiger partial charge in [-0.25, -0.2) is 9.37 Å². The molecule has 1 amide bonds. The molecule has 0 radical (unpaired) electrons. The first-order chi connectivity index (χ1) is 12.9. The SMILES string of the molecule is Cc1ccc(C(C)C)c(OCC(=O)Nc2nc(-c3ccc(F)cc3)cs2)c1. The summed E-state index contributed by atoms with van der Waals surface area (Å²) in [6, 6.07) is 12.1. The van der Waals surface area contributed by atoms with Crippen LogP contribution in [-0.4, -0.2) is 17.5 Å².